The Morgan fingerprint density at radius 1 is 1.25 bits per heavy atom. The molecule has 20 heavy (non-hydrogen) atoms. The van der Waals surface area contributed by atoms with Crippen LogP contribution in [-0.4, -0.2) is 13.2 Å². The normalized spacial score (nSPS) is 17.6. The molecule has 1 atom stereocenters. The first-order valence-corrected chi connectivity index (χ1v) is 9.02. The van der Waals surface area contributed by atoms with Crippen LogP contribution in [-0.2, 0) is 6.42 Å². The maximum absolute atomic E-state index is 5.71. The lowest BCUT2D eigenvalue weighted by molar-refractivity contribution is 0.253. The second-order valence-corrected chi connectivity index (χ2v) is 8.25. The lowest BCUT2D eigenvalue weighted by Gasteiger charge is -2.27. The summed E-state index contributed by atoms with van der Waals surface area (Å²) in [5.74, 6) is 1.01. The molecule has 0 fully saturated rings. The van der Waals surface area contributed by atoms with Gasteiger partial charge in [0, 0.05) is 33.9 Å². The van der Waals surface area contributed by atoms with Crippen LogP contribution in [0.15, 0.2) is 38.6 Å². The van der Waals surface area contributed by atoms with E-state index in [4.69, 9.17) is 4.74 Å². The minimum absolute atomic E-state index is 0.389. The smallest absolute Gasteiger partial charge is 0.124 e. The lowest BCUT2D eigenvalue weighted by Crippen LogP contribution is -2.28. The molecule has 0 aliphatic carbocycles. The number of thiophene rings is 1. The summed E-state index contributed by atoms with van der Waals surface area (Å²) in [5, 5.41) is 3.65. The van der Waals surface area contributed by atoms with Crippen LogP contribution in [0, 0.1) is 0 Å². The van der Waals surface area contributed by atoms with Crippen molar-refractivity contribution in [3.63, 3.8) is 0 Å². The molecule has 0 saturated heterocycles. The topological polar surface area (TPSA) is 21.3 Å². The quantitative estimate of drug-likeness (QED) is 0.762. The molecule has 1 aromatic carbocycles. The van der Waals surface area contributed by atoms with E-state index >= 15 is 0 Å². The minimum Gasteiger partial charge on any atom is -0.493 e. The van der Waals surface area contributed by atoms with Crippen molar-refractivity contribution in [1.29, 1.82) is 0 Å². The molecule has 1 aliphatic rings. The molecule has 0 spiro atoms. The van der Waals surface area contributed by atoms with Crippen molar-refractivity contribution >= 4 is 43.2 Å². The standard InChI is InChI=1S/C15H15Br2NOS/c16-10-1-3-14-12(9-10)13(6-8-19-14)18-7-5-11-2-4-15(17)20-11/h1-4,9,13,18H,5-8H2. The summed E-state index contributed by atoms with van der Waals surface area (Å²) in [4.78, 5) is 1.41. The predicted molar refractivity (Wildman–Crippen MR) is 90.7 cm³/mol. The highest BCUT2D eigenvalue weighted by molar-refractivity contribution is 9.11. The zero-order valence-corrected chi connectivity index (χ0v) is 14.9. The molecule has 2 aromatic rings. The average molecular weight is 417 g/mol. The lowest BCUT2D eigenvalue weighted by atomic mass is 10.0. The van der Waals surface area contributed by atoms with Crippen molar-refractivity contribution in [2.75, 3.05) is 13.2 Å². The van der Waals surface area contributed by atoms with Gasteiger partial charge in [-0.2, -0.15) is 0 Å². The van der Waals surface area contributed by atoms with Crippen LogP contribution >= 0.6 is 43.2 Å². The van der Waals surface area contributed by atoms with E-state index in [0.717, 1.165) is 36.2 Å². The summed E-state index contributed by atoms with van der Waals surface area (Å²) in [6, 6.07) is 10.9. The van der Waals surface area contributed by atoms with Crippen molar-refractivity contribution in [2.24, 2.45) is 0 Å². The van der Waals surface area contributed by atoms with Gasteiger partial charge in [-0.25, -0.2) is 0 Å². The average Bonchev–Trinajstić information content (AvgIpc) is 2.85. The monoisotopic (exact) mass is 415 g/mol. The number of hydrogen-bond donors (Lipinski definition) is 1. The first kappa shape index (κ1) is 14.6. The Morgan fingerprint density at radius 2 is 2.15 bits per heavy atom. The van der Waals surface area contributed by atoms with Gasteiger partial charge in [-0.05, 0) is 52.7 Å². The molecule has 2 heterocycles. The summed E-state index contributed by atoms with van der Waals surface area (Å²) in [6.07, 6.45) is 2.09. The molecule has 0 saturated carbocycles. The molecule has 1 aromatic heterocycles. The van der Waals surface area contributed by atoms with Gasteiger partial charge >= 0.3 is 0 Å². The summed E-state index contributed by atoms with van der Waals surface area (Å²) in [7, 11) is 0. The number of fused-ring (bicyclic) bond motifs is 1. The molecule has 2 nitrogen and oxygen atoms in total. The number of halogens is 2. The van der Waals surface area contributed by atoms with Crippen LogP contribution in [0.3, 0.4) is 0 Å². The molecule has 0 amide bonds. The Labute approximate surface area is 139 Å². The SMILES string of the molecule is Brc1ccc2c(c1)C(NCCc1ccc(Br)s1)CCO2. The molecular weight excluding hydrogens is 402 g/mol. The predicted octanol–water partition coefficient (Wildman–Crippen LogP) is 4.93. The van der Waals surface area contributed by atoms with Gasteiger partial charge in [0.25, 0.3) is 0 Å². The Morgan fingerprint density at radius 3 is 2.95 bits per heavy atom. The number of nitrogens with one attached hydrogen (secondary N) is 1. The maximum atomic E-state index is 5.71. The van der Waals surface area contributed by atoms with Gasteiger partial charge < -0.3 is 10.1 Å². The van der Waals surface area contributed by atoms with E-state index in [0.29, 0.717) is 6.04 Å². The van der Waals surface area contributed by atoms with Gasteiger partial charge in [-0.15, -0.1) is 11.3 Å². The molecule has 1 unspecified atom stereocenters. The summed E-state index contributed by atoms with van der Waals surface area (Å²) in [5.41, 5.74) is 1.26. The van der Waals surface area contributed by atoms with E-state index in [1.54, 1.807) is 11.3 Å². The summed E-state index contributed by atoms with van der Waals surface area (Å²) in [6.45, 7) is 1.78. The molecule has 106 valence electrons. The maximum Gasteiger partial charge on any atom is 0.124 e. The molecule has 5 heteroatoms. The van der Waals surface area contributed by atoms with Crippen LogP contribution in [0.1, 0.15) is 22.9 Å². The molecule has 1 N–H and O–H groups in total. The van der Waals surface area contributed by atoms with Crippen molar-refractivity contribution in [1.82, 2.24) is 5.32 Å². The van der Waals surface area contributed by atoms with Crippen molar-refractivity contribution < 1.29 is 4.74 Å². The largest absolute Gasteiger partial charge is 0.493 e. The third kappa shape index (κ3) is 3.45. The van der Waals surface area contributed by atoms with Crippen LogP contribution in [0.5, 0.6) is 5.75 Å². The number of ether oxygens (including phenoxy) is 1. The molecule has 0 bridgehead atoms. The van der Waals surface area contributed by atoms with Crippen LogP contribution < -0.4 is 10.1 Å². The first-order chi connectivity index (χ1) is 9.72. The van der Waals surface area contributed by atoms with Crippen LogP contribution in [0.4, 0.5) is 0 Å². The number of rotatable bonds is 4. The number of hydrogen-bond acceptors (Lipinski definition) is 3. The fourth-order valence-corrected chi connectivity index (χ4v) is 4.29. The Kier molecular flexibility index (Phi) is 4.81. The van der Waals surface area contributed by atoms with E-state index in [-0.39, 0.29) is 0 Å². The van der Waals surface area contributed by atoms with Gasteiger partial charge in [0.15, 0.2) is 0 Å². The van der Waals surface area contributed by atoms with E-state index < -0.39 is 0 Å². The molecular formula is C15H15Br2NOS. The first-order valence-electron chi connectivity index (χ1n) is 6.62. The van der Waals surface area contributed by atoms with Crippen molar-refractivity contribution in [3.8, 4) is 5.75 Å². The second-order valence-electron chi connectivity index (χ2n) is 4.78. The van der Waals surface area contributed by atoms with E-state index in [1.807, 2.05) is 12.1 Å². The Hall–Kier alpha value is -0.360. The molecule has 1 aliphatic heterocycles. The van der Waals surface area contributed by atoms with Gasteiger partial charge in [-0.3, -0.25) is 0 Å². The Balaban J connectivity index is 1.63. The highest BCUT2D eigenvalue weighted by Crippen LogP contribution is 2.34. The van der Waals surface area contributed by atoms with Gasteiger partial charge in [0.2, 0.25) is 0 Å². The highest BCUT2D eigenvalue weighted by Gasteiger charge is 2.21. The van der Waals surface area contributed by atoms with E-state index in [9.17, 15) is 0 Å². The fourth-order valence-electron chi connectivity index (χ4n) is 2.43. The summed E-state index contributed by atoms with van der Waals surface area (Å²) >= 11 is 8.85. The third-order valence-electron chi connectivity index (χ3n) is 3.40. The van der Waals surface area contributed by atoms with Crippen molar-refractivity contribution in [2.45, 2.75) is 18.9 Å². The zero-order chi connectivity index (χ0) is 13.9. The second kappa shape index (κ2) is 6.60. The third-order valence-corrected chi connectivity index (χ3v) is 5.58. The highest BCUT2D eigenvalue weighted by atomic mass is 79.9. The van der Waals surface area contributed by atoms with Gasteiger partial charge in [-0.1, -0.05) is 15.9 Å². The summed E-state index contributed by atoms with van der Waals surface area (Å²) < 4.78 is 8.02. The number of benzene rings is 1. The Bertz CT molecular complexity index is 599. The van der Waals surface area contributed by atoms with Gasteiger partial charge in [0.05, 0.1) is 10.4 Å². The molecule has 3 rings (SSSR count). The van der Waals surface area contributed by atoms with Crippen LogP contribution in [0.2, 0.25) is 0 Å². The van der Waals surface area contributed by atoms with Crippen LogP contribution in [0.25, 0.3) is 0 Å². The zero-order valence-electron chi connectivity index (χ0n) is 10.9. The molecule has 0 radical (unpaired) electrons. The van der Waals surface area contributed by atoms with Gasteiger partial charge in [0.1, 0.15) is 5.75 Å². The van der Waals surface area contributed by atoms with Crippen molar-refractivity contribution in [3.05, 3.63) is 49.0 Å². The van der Waals surface area contributed by atoms with E-state index in [2.05, 4.69) is 55.4 Å². The minimum atomic E-state index is 0.389. The fraction of sp³-hybridized carbons (Fsp3) is 0.333. The van der Waals surface area contributed by atoms with E-state index in [1.165, 1.54) is 14.2 Å².